The van der Waals surface area contributed by atoms with Crippen molar-refractivity contribution in [2.75, 3.05) is 0 Å². The quantitative estimate of drug-likeness (QED) is 0.443. The van der Waals surface area contributed by atoms with Crippen molar-refractivity contribution in [3.8, 4) is 5.75 Å². The van der Waals surface area contributed by atoms with Crippen molar-refractivity contribution in [2.24, 2.45) is 0 Å². The van der Waals surface area contributed by atoms with Crippen molar-refractivity contribution in [2.45, 2.75) is 30.9 Å². The van der Waals surface area contributed by atoms with E-state index in [4.69, 9.17) is 9.15 Å². The van der Waals surface area contributed by atoms with E-state index in [1.165, 1.54) is 42.1 Å². The number of nitrogens with zero attached hydrogens (tertiary/aromatic N) is 4. The number of rotatable bonds is 6. The second-order valence-electron chi connectivity index (χ2n) is 6.36. The first-order valence-corrected chi connectivity index (χ1v) is 9.85. The molecule has 0 aliphatic rings. The van der Waals surface area contributed by atoms with Gasteiger partial charge in [0.2, 0.25) is 0 Å². The number of halogens is 1. The van der Waals surface area contributed by atoms with Crippen LogP contribution in [0.1, 0.15) is 30.3 Å². The Kier molecular flexibility index (Phi) is 5.30. The predicted molar refractivity (Wildman–Crippen MR) is 106 cm³/mol. The molecule has 0 aliphatic heterocycles. The van der Waals surface area contributed by atoms with Gasteiger partial charge in [0.05, 0.1) is 5.69 Å². The maximum absolute atomic E-state index is 13.0. The van der Waals surface area contributed by atoms with Crippen LogP contribution in [0, 0.1) is 12.7 Å². The van der Waals surface area contributed by atoms with Crippen molar-refractivity contribution >= 4 is 17.4 Å². The van der Waals surface area contributed by atoms with Crippen LogP contribution < -0.4 is 10.3 Å². The molecule has 3 aromatic heterocycles. The van der Waals surface area contributed by atoms with E-state index in [2.05, 4.69) is 15.2 Å². The standard InChI is InChI=1S/C20H17FN4O3S/c1-12-4-3-5-17-22-15(10-18(26)25(12)17)11-29-20-24-23-19(28-20)13(2)27-16-8-6-14(21)7-9-16/h3-10,13H,11H2,1-2H3/t13-/m0/s1. The predicted octanol–water partition coefficient (Wildman–Crippen LogP) is 3.96. The number of fused-ring (bicyclic) bond motifs is 1. The van der Waals surface area contributed by atoms with Gasteiger partial charge in [-0.05, 0) is 50.2 Å². The number of hydrogen-bond acceptors (Lipinski definition) is 7. The van der Waals surface area contributed by atoms with E-state index in [1.807, 2.05) is 19.1 Å². The molecule has 0 fully saturated rings. The number of ether oxygens (including phenoxy) is 1. The van der Waals surface area contributed by atoms with Crippen molar-refractivity contribution in [3.05, 3.63) is 82.0 Å². The normalized spacial score (nSPS) is 12.2. The van der Waals surface area contributed by atoms with Crippen molar-refractivity contribution < 1.29 is 13.5 Å². The number of hydrogen-bond donors (Lipinski definition) is 0. The van der Waals surface area contributed by atoms with E-state index < -0.39 is 6.10 Å². The Balaban J connectivity index is 1.43. The zero-order valence-electron chi connectivity index (χ0n) is 15.7. The molecular weight excluding hydrogens is 395 g/mol. The summed E-state index contributed by atoms with van der Waals surface area (Å²) in [5, 5.41) is 8.35. The van der Waals surface area contributed by atoms with Gasteiger partial charge in [0.1, 0.15) is 17.2 Å². The highest BCUT2D eigenvalue weighted by atomic mass is 32.2. The van der Waals surface area contributed by atoms with Crippen molar-refractivity contribution in [3.63, 3.8) is 0 Å². The highest BCUT2D eigenvalue weighted by molar-refractivity contribution is 7.98. The summed E-state index contributed by atoms with van der Waals surface area (Å²) in [6, 6.07) is 12.7. The summed E-state index contributed by atoms with van der Waals surface area (Å²) >= 11 is 1.29. The number of aryl methyl sites for hydroxylation is 1. The number of pyridine rings is 1. The van der Waals surface area contributed by atoms with Gasteiger partial charge in [-0.2, -0.15) is 0 Å². The van der Waals surface area contributed by atoms with Gasteiger partial charge in [-0.1, -0.05) is 17.8 Å². The Morgan fingerprint density at radius 1 is 1.21 bits per heavy atom. The fourth-order valence-corrected chi connectivity index (χ4v) is 3.45. The maximum atomic E-state index is 13.0. The Morgan fingerprint density at radius 3 is 2.79 bits per heavy atom. The fraction of sp³-hybridized carbons (Fsp3) is 0.200. The fourth-order valence-electron chi connectivity index (χ4n) is 2.78. The minimum atomic E-state index is -0.492. The molecule has 0 saturated heterocycles. The van der Waals surface area contributed by atoms with Gasteiger partial charge in [0, 0.05) is 17.5 Å². The van der Waals surface area contributed by atoms with Gasteiger partial charge >= 0.3 is 0 Å². The van der Waals surface area contributed by atoms with Crippen LogP contribution in [-0.2, 0) is 5.75 Å². The van der Waals surface area contributed by atoms with E-state index in [-0.39, 0.29) is 11.4 Å². The first-order valence-electron chi connectivity index (χ1n) is 8.86. The Labute approximate surface area is 169 Å². The second kappa shape index (κ2) is 8.04. The molecule has 0 bridgehead atoms. The zero-order valence-corrected chi connectivity index (χ0v) is 16.5. The number of thioether (sulfide) groups is 1. The average Bonchev–Trinajstić information content (AvgIpc) is 3.17. The third kappa shape index (κ3) is 4.29. The summed E-state index contributed by atoms with van der Waals surface area (Å²) in [6.45, 7) is 3.62. The molecule has 0 radical (unpaired) electrons. The van der Waals surface area contributed by atoms with E-state index in [0.29, 0.717) is 34.0 Å². The molecule has 7 nitrogen and oxygen atoms in total. The van der Waals surface area contributed by atoms with E-state index >= 15 is 0 Å². The van der Waals surface area contributed by atoms with Crippen molar-refractivity contribution in [1.29, 1.82) is 0 Å². The average molecular weight is 412 g/mol. The third-order valence-electron chi connectivity index (χ3n) is 4.17. The molecule has 4 rings (SSSR count). The lowest BCUT2D eigenvalue weighted by molar-refractivity contribution is 0.181. The van der Waals surface area contributed by atoms with Crippen LogP contribution >= 0.6 is 11.8 Å². The third-order valence-corrected chi connectivity index (χ3v) is 5.03. The van der Waals surface area contributed by atoms with Gasteiger partial charge < -0.3 is 9.15 Å². The van der Waals surface area contributed by atoms with Crippen LogP contribution in [0.4, 0.5) is 4.39 Å². The van der Waals surface area contributed by atoms with Gasteiger partial charge in [0.15, 0.2) is 6.10 Å². The molecule has 0 aliphatic carbocycles. The van der Waals surface area contributed by atoms with E-state index in [9.17, 15) is 9.18 Å². The lowest BCUT2D eigenvalue weighted by atomic mass is 10.3. The highest BCUT2D eigenvalue weighted by Gasteiger charge is 2.16. The SMILES string of the molecule is Cc1cccc2nc(CSc3nnc([C@H](C)Oc4ccc(F)cc4)o3)cc(=O)n12. The molecular formula is C20H17FN4O3S. The summed E-state index contributed by atoms with van der Waals surface area (Å²) in [7, 11) is 0. The molecule has 0 N–H and O–H groups in total. The van der Waals surface area contributed by atoms with Crippen molar-refractivity contribution in [1.82, 2.24) is 19.6 Å². The van der Waals surface area contributed by atoms with Crippen LogP contribution in [0.5, 0.6) is 5.75 Å². The molecule has 0 amide bonds. The van der Waals surface area contributed by atoms with E-state index in [1.54, 1.807) is 17.4 Å². The first kappa shape index (κ1) is 19.1. The van der Waals surface area contributed by atoms with Crippen LogP contribution in [-0.4, -0.2) is 19.6 Å². The van der Waals surface area contributed by atoms with Crippen LogP contribution in [0.2, 0.25) is 0 Å². The Morgan fingerprint density at radius 2 is 2.00 bits per heavy atom. The van der Waals surface area contributed by atoms with Gasteiger partial charge in [-0.25, -0.2) is 9.37 Å². The summed E-state index contributed by atoms with van der Waals surface area (Å²) in [6.07, 6.45) is -0.492. The monoisotopic (exact) mass is 412 g/mol. The molecule has 4 aromatic rings. The molecule has 29 heavy (non-hydrogen) atoms. The lowest BCUT2D eigenvalue weighted by Gasteiger charge is -2.10. The Bertz CT molecular complexity index is 1210. The zero-order chi connectivity index (χ0) is 20.4. The molecule has 9 heteroatoms. The molecule has 0 saturated carbocycles. The largest absolute Gasteiger partial charge is 0.481 e. The number of aromatic nitrogens is 4. The molecule has 1 aromatic carbocycles. The van der Waals surface area contributed by atoms with Gasteiger partial charge in [-0.15, -0.1) is 10.2 Å². The molecule has 1 atom stereocenters. The molecule has 0 unspecified atom stereocenters. The summed E-state index contributed by atoms with van der Waals surface area (Å²) < 4.78 is 25.9. The lowest BCUT2D eigenvalue weighted by Crippen LogP contribution is -2.17. The Hall–Kier alpha value is -3.20. The van der Waals surface area contributed by atoms with Gasteiger partial charge in [-0.3, -0.25) is 9.20 Å². The molecule has 148 valence electrons. The minimum Gasteiger partial charge on any atom is -0.481 e. The van der Waals surface area contributed by atoms with Crippen LogP contribution in [0.3, 0.4) is 0 Å². The summed E-state index contributed by atoms with van der Waals surface area (Å²) in [5.41, 5.74) is 1.92. The molecule has 0 spiro atoms. The van der Waals surface area contributed by atoms with Crippen LogP contribution in [0.25, 0.3) is 5.65 Å². The van der Waals surface area contributed by atoms with E-state index in [0.717, 1.165) is 5.69 Å². The second-order valence-corrected chi connectivity index (χ2v) is 7.28. The summed E-state index contributed by atoms with van der Waals surface area (Å²) in [5.74, 6) is 0.883. The number of benzene rings is 1. The first-order chi connectivity index (χ1) is 14.0. The van der Waals surface area contributed by atoms with Gasteiger partial charge in [0.25, 0.3) is 16.7 Å². The highest BCUT2D eigenvalue weighted by Crippen LogP contribution is 2.25. The minimum absolute atomic E-state index is 0.128. The van der Waals surface area contributed by atoms with Crippen LogP contribution in [0.15, 0.2) is 63.0 Å². The summed E-state index contributed by atoms with van der Waals surface area (Å²) in [4.78, 5) is 16.9. The maximum Gasteiger partial charge on any atom is 0.277 e. The molecule has 3 heterocycles. The topological polar surface area (TPSA) is 82.5 Å². The smallest absolute Gasteiger partial charge is 0.277 e.